The van der Waals surface area contributed by atoms with Gasteiger partial charge in [0.25, 0.3) is 0 Å². The van der Waals surface area contributed by atoms with Gasteiger partial charge >= 0.3 is 11.9 Å². The summed E-state index contributed by atoms with van der Waals surface area (Å²) < 4.78 is 10.1. The van der Waals surface area contributed by atoms with Crippen LogP contribution in [0.3, 0.4) is 0 Å². The van der Waals surface area contributed by atoms with Gasteiger partial charge in [-0.05, 0) is 31.5 Å². The van der Waals surface area contributed by atoms with Crippen molar-refractivity contribution in [3.8, 4) is 12.3 Å². The minimum Gasteiger partial charge on any atom is -0.465 e. The maximum Gasteiger partial charge on any atom is 0.329 e. The van der Waals surface area contributed by atoms with Gasteiger partial charge in [0.15, 0.2) is 0 Å². The van der Waals surface area contributed by atoms with Crippen LogP contribution < -0.4 is 0 Å². The molecule has 0 amide bonds. The number of hydrogen-bond acceptors (Lipinski definition) is 4. The fraction of sp³-hybridized carbons (Fsp3) is 0.375. The van der Waals surface area contributed by atoms with Gasteiger partial charge in [-0.3, -0.25) is 9.59 Å². The lowest BCUT2D eigenvalue weighted by molar-refractivity contribution is -0.164. The second-order valence-electron chi connectivity index (χ2n) is 4.23. The second-order valence-corrected chi connectivity index (χ2v) is 4.67. The second kappa shape index (κ2) is 7.70. The van der Waals surface area contributed by atoms with Crippen molar-refractivity contribution in [1.29, 1.82) is 0 Å². The minimum absolute atomic E-state index is 0.137. The summed E-state index contributed by atoms with van der Waals surface area (Å²) in [6.07, 6.45) is 5.21. The Hall–Kier alpha value is -1.99. The summed E-state index contributed by atoms with van der Waals surface area (Å²) in [6, 6.07) is 6.32. The largest absolute Gasteiger partial charge is 0.465 e. The van der Waals surface area contributed by atoms with Gasteiger partial charge in [-0.25, -0.2) is 0 Å². The van der Waals surface area contributed by atoms with Crippen LogP contribution in [0.15, 0.2) is 24.3 Å². The molecular formula is C16H17ClO4. The normalized spacial score (nSPS) is 10.6. The van der Waals surface area contributed by atoms with Crippen LogP contribution in [-0.2, 0) is 24.5 Å². The van der Waals surface area contributed by atoms with Crippen molar-refractivity contribution in [3.05, 3.63) is 34.9 Å². The molecule has 112 valence electrons. The van der Waals surface area contributed by atoms with E-state index in [0.29, 0.717) is 10.6 Å². The lowest BCUT2D eigenvalue weighted by Crippen LogP contribution is -2.46. The molecule has 4 nitrogen and oxygen atoms in total. The van der Waals surface area contributed by atoms with Crippen LogP contribution in [0.4, 0.5) is 0 Å². The van der Waals surface area contributed by atoms with Crippen LogP contribution in [0.1, 0.15) is 25.8 Å². The van der Waals surface area contributed by atoms with E-state index in [0.717, 1.165) is 0 Å². The number of hydrogen-bond donors (Lipinski definition) is 0. The Morgan fingerprint density at radius 3 is 2.00 bits per heavy atom. The van der Waals surface area contributed by atoms with Crippen LogP contribution in [0.25, 0.3) is 0 Å². The monoisotopic (exact) mass is 308 g/mol. The maximum atomic E-state index is 12.4. The Kier molecular flexibility index (Phi) is 6.26. The van der Waals surface area contributed by atoms with E-state index in [1.165, 1.54) is 0 Å². The molecule has 0 aliphatic rings. The summed E-state index contributed by atoms with van der Waals surface area (Å²) in [5.41, 5.74) is -1.26. The SMILES string of the molecule is C#CCC(C(=O)OCC)(C(=O)OCC)c1ccc(Cl)cc1. The molecule has 0 unspecified atom stereocenters. The van der Waals surface area contributed by atoms with Crippen molar-refractivity contribution in [1.82, 2.24) is 0 Å². The molecule has 1 aromatic rings. The maximum absolute atomic E-state index is 12.4. The highest BCUT2D eigenvalue weighted by Crippen LogP contribution is 2.32. The van der Waals surface area contributed by atoms with Crippen LogP contribution >= 0.6 is 11.6 Å². The predicted octanol–water partition coefficient (Wildman–Crippen LogP) is 2.73. The third kappa shape index (κ3) is 3.56. The molecule has 0 aliphatic carbocycles. The number of rotatable bonds is 6. The van der Waals surface area contributed by atoms with Crippen molar-refractivity contribution in [3.63, 3.8) is 0 Å². The Balaban J connectivity index is 3.43. The molecule has 0 aromatic heterocycles. The first-order valence-corrected chi connectivity index (χ1v) is 6.94. The molecule has 0 atom stereocenters. The van der Waals surface area contributed by atoms with Gasteiger partial charge in [-0.1, -0.05) is 23.7 Å². The smallest absolute Gasteiger partial charge is 0.329 e. The molecule has 0 saturated carbocycles. The number of terminal acetylenes is 1. The van der Waals surface area contributed by atoms with Gasteiger partial charge in [-0.2, -0.15) is 0 Å². The zero-order valence-electron chi connectivity index (χ0n) is 12.0. The van der Waals surface area contributed by atoms with E-state index >= 15 is 0 Å². The average Bonchev–Trinajstić information content (AvgIpc) is 2.46. The van der Waals surface area contributed by atoms with E-state index in [9.17, 15) is 9.59 Å². The molecule has 21 heavy (non-hydrogen) atoms. The number of carbonyl (C=O) groups excluding carboxylic acids is 2. The van der Waals surface area contributed by atoms with Crippen molar-refractivity contribution in [2.75, 3.05) is 13.2 Å². The zero-order chi connectivity index (χ0) is 15.9. The highest BCUT2D eigenvalue weighted by molar-refractivity contribution is 6.30. The third-order valence-corrected chi connectivity index (χ3v) is 3.20. The van der Waals surface area contributed by atoms with Gasteiger partial charge < -0.3 is 9.47 Å². The molecule has 1 aromatic carbocycles. The molecule has 0 aliphatic heterocycles. The van der Waals surface area contributed by atoms with Gasteiger partial charge in [0, 0.05) is 11.4 Å². The van der Waals surface area contributed by atoms with Gasteiger partial charge in [0.1, 0.15) is 0 Å². The Morgan fingerprint density at radius 1 is 1.14 bits per heavy atom. The molecule has 0 N–H and O–H groups in total. The fourth-order valence-electron chi connectivity index (χ4n) is 1.96. The van der Waals surface area contributed by atoms with E-state index in [1.807, 2.05) is 0 Å². The molecular weight excluding hydrogens is 292 g/mol. The molecule has 0 fully saturated rings. The summed E-state index contributed by atoms with van der Waals surface area (Å²) >= 11 is 5.85. The van der Waals surface area contributed by atoms with Crippen LogP contribution in [-0.4, -0.2) is 25.2 Å². The summed E-state index contributed by atoms with van der Waals surface area (Å²) in [7, 11) is 0. The highest BCUT2D eigenvalue weighted by Gasteiger charge is 2.50. The zero-order valence-corrected chi connectivity index (χ0v) is 12.8. The summed E-state index contributed by atoms with van der Waals surface area (Å²) in [5, 5.41) is 0.487. The molecule has 0 bridgehead atoms. The predicted molar refractivity (Wildman–Crippen MR) is 79.8 cm³/mol. The van der Waals surface area contributed by atoms with E-state index in [4.69, 9.17) is 27.5 Å². The van der Waals surface area contributed by atoms with E-state index in [-0.39, 0.29) is 19.6 Å². The minimum atomic E-state index is -1.66. The summed E-state index contributed by atoms with van der Waals surface area (Å²) in [6.45, 7) is 3.59. The van der Waals surface area contributed by atoms with Gasteiger partial charge in [0.2, 0.25) is 5.41 Å². The van der Waals surface area contributed by atoms with E-state index in [1.54, 1.807) is 38.1 Å². The summed E-state index contributed by atoms with van der Waals surface area (Å²) in [4.78, 5) is 24.8. The molecule has 1 rings (SSSR count). The average molecular weight is 309 g/mol. The van der Waals surface area contributed by atoms with Gasteiger partial charge in [0.05, 0.1) is 13.2 Å². The number of benzene rings is 1. The number of ether oxygens (including phenoxy) is 2. The topological polar surface area (TPSA) is 52.6 Å². The van der Waals surface area contributed by atoms with Gasteiger partial charge in [-0.15, -0.1) is 12.3 Å². The molecule has 0 radical (unpaired) electrons. The van der Waals surface area contributed by atoms with Crippen LogP contribution in [0.2, 0.25) is 5.02 Å². The lowest BCUT2D eigenvalue weighted by Gasteiger charge is -2.27. The number of esters is 2. The number of halogens is 1. The van der Waals surface area contributed by atoms with Crippen molar-refractivity contribution < 1.29 is 19.1 Å². The number of carbonyl (C=O) groups is 2. The Labute approximate surface area is 129 Å². The third-order valence-electron chi connectivity index (χ3n) is 2.95. The van der Waals surface area contributed by atoms with Crippen molar-refractivity contribution >= 4 is 23.5 Å². The Morgan fingerprint density at radius 2 is 1.62 bits per heavy atom. The lowest BCUT2D eigenvalue weighted by atomic mass is 9.77. The van der Waals surface area contributed by atoms with Crippen LogP contribution in [0, 0.1) is 12.3 Å². The highest BCUT2D eigenvalue weighted by atomic mass is 35.5. The summed E-state index contributed by atoms with van der Waals surface area (Å²) in [5.74, 6) is 0.928. The quantitative estimate of drug-likeness (QED) is 0.460. The van der Waals surface area contributed by atoms with Crippen molar-refractivity contribution in [2.24, 2.45) is 0 Å². The first-order valence-electron chi connectivity index (χ1n) is 6.56. The Bertz CT molecular complexity index is 524. The fourth-order valence-corrected chi connectivity index (χ4v) is 2.09. The first-order chi connectivity index (χ1) is 10.0. The van der Waals surface area contributed by atoms with Crippen LogP contribution in [0.5, 0.6) is 0 Å². The molecule has 0 saturated heterocycles. The molecule has 0 spiro atoms. The molecule has 0 heterocycles. The standard InChI is InChI=1S/C16H17ClO4/c1-4-11-16(14(18)20-5-2,15(19)21-6-3)12-7-9-13(17)10-8-12/h1,7-10H,5-6,11H2,2-3H3. The van der Waals surface area contributed by atoms with E-state index in [2.05, 4.69) is 5.92 Å². The van der Waals surface area contributed by atoms with Crippen molar-refractivity contribution in [2.45, 2.75) is 25.7 Å². The van der Waals surface area contributed by atoms with E-state index < -0.39 is 17.4 Å². The first kappa shape index (κ1) is 17.1. The molecule has 5 heteroatoms.